The van der Waals surface area contributed by atoms with Crippen molar-refractivity contribution >= 4 is 16.0 Å². The van der Waals surface area contributed by atoms with Gasteiger partial charge in [-0.1, -0.05) is 0 Å². The Kier molecular flexibility index (Phi) is 4.59. The number of hydrogen-bond acceptors (Lipinski definition) is 6. The highest BCUT2D eigenvalue weighted by atomic mass is 32.2. The summed E-state index contributed by atoms with van der Waals surface area (Å²) in [4.78, 5) is 10.1. The van der Waals surface area contributed by atoms with Crippen LogP contribution in [0.2, 0.25) is 0 Å². The molecular weight excluding hydrogens is 390 g/mol. The van der Waals surface area contributed by atoms with Crippen LogP contribution < -0.4 is 4.90 Å². The lowest BCUT2D eigenvalue weighted by molar-refractivity contribution is 0.0531. The summed E-state index contributed by atoms with van der Waals surface area (Å²) in [5.41, 5.74) is 0.931. The molecule has 1 fully saturated rings. The van der Waals surface area contributed by atoms with E-state index >= 15 is 0 Å². The van der Waals surface area contributed by atoms with Crippen LogP contribution in [0.25, 0.3) is 0 Å². The zero-order chi connectivity index (χ0) is 20.1. The molecule has 1 aromatic carbocycles. The van der Waals surface area contributed by atoms with Crippen molar-refractivity contribution in [1.29, 1.82) is 0 Å². The van der Waals surface area contributed by atoms with Crippen LogP contribution in [0, 0.1) is 11.6 Å². The van der Waals surface area contributed by atoms with E-state index in [1.165, 1.54) is 4.31 Å². The summed E-state index contributed by atoms with van der Waals surface area (Å²) in [5, 5.41) is 0. The molecule has 7 nitrogen and oxygen atoms in total. The van der Waals surface area contributed by atoms with Gasteiger partial charge in [0.1, 0.15) is 16.5 Å². The highest BCUT2D eigenvalue weighted by molar-refractivity contribution is 7.89. The van der Waals surface area contributed by atoms with Gasteiger partial charge in [0.15, 0.2) is 0 Å². The van der Waals surface area contributed by atoms with Crippen molar-refractivity contribution in [3.8, 4) is 0 Å². The predicted octanol–water partition coefficient (Wildman–Crippen LogP) is 1.68. The molecule has 0 radical (unpaired) electrons. The fourth-order valence-electron chi connectivity index (χ4n) is 3.77. The smallest absolute Gasteiger partial charge is 0.246 e. The van der Waals surface area contributed by atoms with Gasteiger partial charge in [-0.05, 0) is 24.6 Å². The minimum Gasteiger partial charge on any atom is -0.376 e. The average Bonchev–Trinajstić information content (AvgIpc) is 3.09. The van der Waals surface area contributed by atoms with Gasteiger partial charge >= 0.3 is 0 Å². The van der Waals surface area contributed by atoms with Gasteiger partial charge in [0, 0.05) is 38.9 Å². The van der Waals surface area contributed by atoms with Gasteiger partial charge in [0.05, 0.1) is 24.3 Å². The Hall–Kier alpha value is -2.17. The van der Waals surface area contributed by atoms with E-state index in [0.717, 1.165) is 23.4 Å². The Bertz CT molecular complexity index is 1030. The van der Waals surface area contributed by atoms with Gasteiger partial charge in [-0.15, -0.1) is 0 Å². The average molecular weight is 410 g/mol. The van der Waals surface area contributed by atoms with Crippen molar-refractivity contribution in [1.82, 2.24) is 14.3 Å². The van der Waals surface area contributed by atoms with E-state index in [9.17, 15) is 17.2 Å². The Morgan fingerprint density at radius 2 is 2.07 bits per heavy atom. The van der Waals surface area contributed by atoms with Crippen molar-refractivity contribution in [3.63, 3.8) is 0 Å². The number of rotatable bonds is 3. The molecule has 0 unspecified atom stereocenters. The lowest BCUT2D eigenvalue weighted by Crippen LogP contribution is -2.42. The van der Waals surface area contributed by atoms with Crippen molar-refractivity contribution in [2.75, 3.05) is 38.7 Å². The topological polar surface area (TPSA) is 75.6 Å². The predicted molar refractivity (Wildman–Crippen MR) is 97.4 cm³/mol. The molecular formula is C18H20F2N4O3S. The van der Waals surface area contributed by atoms with Gasteiger partial charge in [0.2, 0.25) is 16.0 Å². The molecule has 1 atom stereocenters. The number of nitrogens with zero attached hydrogens (tertiary/aromatic N) is 4. The quantitative estimate of drug-likeness (QED) is 0.767. The molecule has 0 saturated carbocycles. The second-order valence-electron chi connectivity index (χ2n) is 7.37. The minimum absolute atomic E-state index is 0.0855. The first-order valence-corrected chi connectivity index (χ1v) is 10.2. The van der Waals surface area contributed by atoms with E-state index in [4.69, 9.17) is 4.74 Å². The van der Waals surface area contributed by atoms with Gasteiger partial charge in [0.25, 0.3) is 0 Å². The SMILES string of the molecule is CN(C)c1ncc2c(n1)[C@@]1(CCN(S(=O)(=O)c3cc(F)ccc3F)C1)COC2. The van der Waals surface area contributed by atoms with Crippen LogP contribution in [0.5, 0.6) is 0 Å². The molecule has 28 heavy (non-hydrogen) atoms. The van der Waals surface area contributed by atoms with Gasteiger partial charge in [-0.3, -0.25) is 0 Å². The van der Waals surface area contributed by atoms with Gasteiger partial charge in [-0.2, -0.15) is 4.31 Å². The van der Waals surface area contributed by atoms with E-state index in [2.05, 4.69) is 9.97 Å². The summed E-state index contributed by atoms with van der Waals surface area (Å²) < 4.78 is 60.4. The van der Waals surface area contributed by atoms with Crippen LogP contribution in [-0.2, 0) is 26.8 Å². The molecule has 3 heterocycles. The van der Waals surface area contributed by atoms with Crippen LogP contribution in [-0.4, -0.2) is 56.5 Å². The summed E-state index contributed by atoms with van der Waals surface area (Å²) in [6.45, 7) is 0.919. The van der Waals surface area contributed by atoms with Gasteiger partial charge < -0.3 is 9.64 Å². The number of ether oxygens (including phenoxy) is 1. The first-order chi connectivity index (χ1) is 13.2. The fourth-order valence-corrected chi connectivity index (χ4v) is 5.37. The van der Waals surface area contributed by atoms with E-state index in [0.29, 0.717) is 31.6 Å². The molecule has 0 bridgehead atoms. The third-order valence-electron chi connectivity index (χ3n) is 5.22. The lowest BCUT2D eigenvalue weighted by Gasteiger charge is -2.34. The summed E-state index contributed by atoms with van der Waals surface area (Å²) in [5.74, 6) is -1.25. The number of aromatic nitrogens is 2. The number of hydrogen-bond donors (Lipinski definition) is 0. The molecule has 2 aliphatic heterocycles. The Balaban J connectivity index is 1.72. The first-order valence-electron chi connectivity index (χ1n) is 8.80. The number of benzene rings is 1. The molecule has 0 aliphatic carbocycles. The lowest BCUT2D eigenvalue weighted by atomic mass is 9.81. The summed E-state index contributed by atoms with van der Waals surface area (Å²) in [6, 6.07) is 2.43. The Labute approximate surface area is 162 Å². The standard InChI is InChI=1S/C18H20F2N4O3S/c1-23(2)17-21-8-12-9-27-11-18(16(12)22-17)5-6-24(10-18)28(25,26)15-7-13(19)3-4-14(15)20/h3-4,7-8H,5-6,9-11H2,1-2H3/t18-/m1/s1. The summed E-state index contributed by atoms with van der Waals surface area (Å²) in [7, 11) is -0.537. The highest BCUT2D eigenvalue weighted by Gasteiger charge is 2.48. The third-order valence-corrected chi connectivity index (χ3v) is 7.08. The second kappa shape index (κ2) is 6.71. The summed E-state index contributed by atoms with van der Waals surface area (Å²) >= 11 is 0. The van der Waals surface area contributed by atoms with Crippen molar-refractivity contribution < 1.29 is 21.9 Å². The van der Waals surface area contributed by atoms with E-state index in [1.807, 2.05) is 14.1 Å². The van der Waals surface area contributed by atoms with Crippen LogP contribution in [0.1, 0.15) is 17.7 Å². The van der Waals surface area contributed by atoms with Crippen molar-refractivity contribution in [2.24, 2.45) is 0 Å². The van der Waals surface area contributed by atoms with E-state index < -0.39 is 32.0 Å². The van der Waals surface area contributed by atoms with Crippen molar-refractivity contribution in [2.45, 2.75) is 23.3 Å². The largest absolute Gasteiger partial charge is 0.376 e. The summed E-state index contributed by atoms with van der Waals surface area (Å²) in [6.07, 6.45) is 2.17. The maximum Gasteiger partial charge on any atom is 0.246 e. The normalized spacial score (nSPS) is 22.4. The molecule has 1 saturated heterocycles. The molecule has 4 rings (SSSR count). The van der Waals surface area contributed by atoms with Gasteiger partial charge in [-0.25, -0.2) is 27.2 Å². The number of sulfonamides is 1. The second-order valence-corrected chi connectivity index (χ2v) is 9.28. The molecule has 1 aromatic heterocycles. The van der Waals surface area contributed by atoms with E-state index in [-0.39, 0.29) is 13.1 Å². The van der Waals surface area contributed by atoms with Crippen LogP contribution in [0.4, 0.5) is 14.7 Å². The molecule has 0 amide bonds. The molecule has 2 aliphatic rings. The van der Waals surface area contributed by atoms with Crippen molar-refractivity contribution in [3.05, 3.63) is 47.3 Å². The molecule has 0 N–H and O–H groups in total. The molecule has 10 heteroatoms. The fraction of sp³-hybridized carbons (Fsp3) is 0.444. The first kappa shape index (κ1) is 19.2. The minimum atomic E-state index is -4.19. The zero-order valence-corrected chi connectivity index (χ0v) is 16.3. The van der Waals surface area contributed by atoms with Crippen LogP contribution in [0.15, 0.2) is 29.3 Å². The monoisotopic (exact) mass is 410 g/mol. The maximum absolute atomic E-state index is 14.1. The number of anilines is 1. The van der Waals surface area contributed by atoms with Crippen LogP contribution >= 0.6 is 0 Å². The Morgan fingerprint density at radius 3 is 2.82 bits per heavy atom. The molecule has 150 valence electrons. The molecule has 2 aromatic rings. The zero-order valence-electron chi connectivity index (χ0n) is 15.5. The Morgan fingerprint density at radius 1 is 1.29 bits per heavy atom. The number of halogens is 2. The number of fused-ring (bicyclic) bond motifs is 2. The van der Waals surface area contributed by atoms with Crippen LogP contribution in [0.3, 0.4) is 0 Å². The highest BCUT2D eigenvalue weighted by Crippen LogP contribution is 2.41. The third kappa shape index (κ3) is 3.05. The molecule has 1 spiro atoms. The van der Waals surface area contributed by atoms with E-state index in [1.54, 1.807) is 11.1 Å². The maximum atomic E-state index is 14.1.